The summed E-state index contributed by atoms with van der Waals surface area (Å²) in [4.78, 5) is 0. The molecule has 0 aromatic heterocycles. The first kappa shape index (κ1) is 30.6. The molecule has 0 saturated heterocycles. The van der Waals surface area contributed by atoms with Gasteiger partial charge in [-0.05, 0) is 56.0 Å². The van der Waals surface area contributed by atoms with E-state index in [4.69, 9.17) is 0 Å². The maximum Gasteiger partial charge on any atom is 0.119 e. The molecule has 0 fully saturated rings. The largest absolute Gasteiger partial charge is 0.508 e. The molecule has 2 rings (SSSR count). The second-order valence-electron chi connectivity index (χ2n) is 12.5. The zero-order valence-electron chi connectivity index (χ0n) is 22.9. The minimum atomic E-state index is -0.00859. The van der Waals surface area contributed by atoms with Crippen LogP contribution in [0.5, 0.6) is 11.5 Å². The summed E-state index contributed by atoms with van der Waals surface area (Å²) in [5.41, 5.74) is 4.83. The van der Waals surface area contributed by atoms with Gasteiger partial charge < -0.3 is 10.2 Å². The SMILES string of the molecule is CC(C)(C)c1ccc(O)c(C(C)(C)C)c1.CC(C)(C)c1ccc(O)c(C(C)(C)C)c1.[CH3][Al]. The maximum atomic E-state index is 9.84. The van der Waals surface area contributed by atoms with E-state index in [1.54, 1.807) is 12.1 Å². The quantitative estimate of drug-likeness (QED) is 0.394. The van der Waals surface area contributed by atoms with Crippen LogP contribution in [0.1, 0.15) is 105 Å². The van der Waals surface area contributed by atoms with Crippen LogP contribution in [0.4, 0.5) is 0 Å². The molecule has 0 amide bonds. The van der Waals surface area contributed by atoms with Crippen molar-refractivity contribution in [2.75, 3.05) is 0 Å². The van der Waals surface area contributed by atoms with Gasteiger partial charge in [-0.2, -0.15) is 0 Å². The highest BCUT2D eigenvalue weighted by Crippen LogP contribution is 2.35. The number of phenolic OH excluding ortho intramolecular Hbond substituents is 2. The molecular formula is C29H47AlO2. The second kappa shape index (κ2) is 11.1. The van der Waals surface area contributed by atoms with Crippen LogP contribution in [0.2, 0.25) is 5.79 Å². The Morgan fingerprint density at radius 2 is 0.719 bits per heavy atom. The molecule has 2 N–H and O–H groups in total. The molecule has 3 heteroatoms. The summed E-state index contributed by atoms with van der Waals surface area (Å²) < 4.78 is 0. The van der Waals surface area contributed by atoms with Crippen LogP contribution in [0.25, 0.3) is 0 Å². The highest BCUT2D eigenvalue weighted by atomic mass is 27.0. The molecular weight excluding hydrogens is 407 g/mol. The van der Waals surface area contributed by atoms with E-state index in [2.05, 4.69) is 112 Å². The molecule has 2 radical (unpaired) electrons. The van der Waals surface area contributed by atoms with Gasteiger partial charge in [0.05, 0.1) is 0 Å². The summed E-state index contributed by atoms with van der Waals surface area (Å²) >= 11 is 2.42. The number of hydrogen-bond acceptors (Lipinski definition) is 2. The zero-order valence-corrected chi connectivity index (χ0v) is 24.1. The highest BCUT2D eigenvalue weighted by molar-refractivity contribution is 6.05. The highest BCUT2D eigenvalue weighted by Gasteiger charge is 2.23. The minimum Gasteiger partial charge on any atom is -0.508 e. The fourth-order valence-corrected chi connectivity index (χ4v) is 3.21. The Morgan fingerprint density at radius 1 is 0.469 bits per heavy atom. The van der Waals surface area contributed by atoms with E-state index in [1.165, 1.54) is 11.1 Å². The Bertz CT molecular complexity index is 781. The lowest BCUT2D eigenvalue weighted by molar-refractivity contribution is 0.444. The Kier molecular flexibility index (Phi) is 10.6. The maximum absolute atomic E-state index is 9.84. The first-order valence-corrected chi connectivity index (χ1v) is 12.7. The molecule has 0 bridgehead atoms. The van der Waals surface area contributed by atoms with Gasteiger partial charge in [0.15, 0.2) is 0 Å². The molecule has 2 aromatic carbocycles. The smallest absolute Gasteiger partial charge is 0.119 e. The van der Waals surface area contributed by atoms with E-state index in [0.29, 0.717) is 11.5 Å². The molecule has 0 aliphatic carbocycles. The van der Waals surface area contributed by atoms with E-state index < -0.39 is 0 Å². The van der Waals surface area contributed by atoms with Crippen LogP contribution in [0, 0.1) is 0 Å². The fourth-order valence-electron chi connectivity index (χ4n) is 3.21. The molecule has 2 aromatic rings. The average molecular weight is 455 g/mol. The van der Waals surface area contributed by atoms with Crippen LogP contribution < -0.4 is 0 Å². The van der Waals surface area contributed by atoms with Gasteiger partial charge in [0.2, 0.25) is 0 Å². The van der Waals surface area contributed by atoms with Crippen LogP contribution >= 0.6 is 0 Å². The fraction of sp³-hybridized carbons (Fsp3) is 0.586. The summed E-state index contributed by atoms with van der Waals surface area (Å²) in [5, 5.41) is 19.7. The molecule has 178 valence electrons. The summed E-state index contributed by atoms with van der Waals surface area (Å²) in [6.45, 7) is 25.8. The lowest BCUT2D eigenvalue weighted by Gasteiger charge is -2.25. The van der Waals surface area contributed by atoms with E-state index >= 15 is 0 Å². The Morgan fingerprint density at radius 3 is 0.906 bits per heavy atom. The lowest BCUT2D eigenvalue weighted by Crippen LogP contribution is -2.16. The topological polar surface area (TPSA) is 40.5 Å². The van der Waals surface area contributed by atoms with Crippen LogP contribution in [0.15, 0.2) is 36.4 Å². The van der Waals surface area contributed by atoms with Gasteiger partial charge in [-0.15, -0.1) is 5.79 Å². The van der Waals surface area contributed by atoms with Gasteiger partial charge in [0, 0.05) is 0 Å². The van der Waals surface area contributed by atoms with Crippen molar-refractivity contribution in [3.8, 4) is 11.5 Å². The van der Waals surface area contributed by atoms with Gasteiger partial charge in [-0.25, -0.2) is 0 Å². The summed E-state index contributed by atoms with van der Waals surface area (Å²) in [5.74, 6) is 2.71. The summed E-state index contributed by atoms with van der Waals surface area (Å²) in [6.07, 6.45) is 0. The van der Waals surface area contributed by atoms with Crippen molar-refractivity contribution < 1.29 is 10.2 Å². The van der Waals surface area contributed by atoms with E-state index in [0.717, 1.165) is 11.1 Å². The third-order valence-electron chi connectivity index (χ3n) is 5.34. The molecule has 0 aliphatic rings. The minimum absolute atomic E-state index is 0.00859. The van der Waals surface area contributed by atoms with Crippen molar-refractivity contribution in [3.05, 3.63) is 58.7 Å². The first-order chi connectivity index (χ1) is 14.2. The third kappa shape index (κ3) is 9.21. The number of benzene rings is 2. The van der Waals surface area contributed by atoms with Crippen molar-refractivity contribution in [1.82, 2.24) is 0 Å². The molecule has 0 aliphatic heterocycles. The van der Waals surface area contributed by atoms with Crippen molar-refractivity contribution in [3.63, 3.8) is 0 Å². The molecule has 2 nitrogen and oxygen atoms in total. The van der Waals surface area contributed by atoms with Crippen molar-refractivity contribution >= 4 is 16.3 Å². The van der Waals surface area contributed by atoms with Crippen molar-refractivity contribution in [2.45, 2.75) is 111 Å². The number of phenols is 2. The number of rotatable bonds is 0. The summed E-state index contributed by atoms with van der Waals surface area (Å²) in [6, 6.07) is 11.9. The van der Waals surface area contributed by atoms with E-state index in [9.17, 15) is 10.2 Å². The molecule has 0 heterocycles. The Labute approximate surface area is 206 Å². The molecule has 0 unspecified atom stereocenters. The van der Waals surface area contributed by atoms with Crippen LogP contribution in [0.3, 0.4) is 0 Å². The predicted octanol–water partition coefficient (Wildman–Crippen LogP) is 8.18. The van der Waals surface area contributed by atoms with Crippen LogP contribution in [-0.4, -0.2) is 26.5 Å². The van der Waals surface area contributed by atoms with Gasteiger partial charge >= 0.3 is 0 Å². The zero-order chi connectivity index (χ0) is 25.7. The molecule has 0 spiro atoms. The Balaban J connectivity index is 0.000000557. The van der Waals surface area contributed by atoms with Gasteiger partial charge in [0.25, 0.3) is 0 Å². The van der Waals surface area contributed by atoms with Gasteiger partial charge in [-0.3, -0.25) is 0 Å². The lowest BCUT2D eigenvalue weighted by atomic mass is 9.80. The standard InChI is InChI=1S/2C14H22O.CH3.Al/c2*1-13(2,3)10-7-8-12(15)11(9-10)14(4,5)6;;/h2*7-9,15H,1-6H3;1H3;. The number of hydrogen-bond donors (Lipinski definition) is 2. The first-order valence-electron chi connectivity index (χ1n) is 11.5. The van der Waals surface area contributed by atoms with Crippen LogP contribution in [-0.2, 0) is 21.7 Å². The van der Waals surface area contributed by atoms with E-state index in [-0.39, 0.29) is 21.7 Å². The van der Waals surface area contributed by atoms with Crippen molar-refractivity contribution in [2.24, 2.45) is 0 Å². The van der Waals surface area contributed by atoms with Crippen molar-refractivity contribution in [1.29, 1.82) is 0 Å². The van der Waals surface area contributed by atoms with E-state index in [1.807, 2.05) is 17.9 Å². The Hall–Kier alpha value is -1.43. The normalized spacial score (nSPS) is 12.3. The van der Waals surface area contributed by atoms with Gasteiger partial charge in [-0.1, -0.05) is 107 Å². The summed E-state index contributed by atoms with van der Waals surface area (Å²) in [7, 11) is 0. The molecule has 0 atom stereocenters. The third-order valence-corrected chi connectivity index (χ3v) is 5.34. The average Bonchev–Trinajstić information content (AvgIpc) is 2.60. The number of aromatic hydroxyl groups is 2. The van der Waals surface area contributed by atoms with Gasteiger partial charge in [0.1, 0.15) is 27.8 Å². The monoisotopic (exact) mass is 454 g/mol. The predicted molar refractivity (Wildman–Crippen MR) is 143 cm³/mol. The molecule has 32 heavy (non-hydrogen) atoms. The second-order valence-corrected chi connectivity index (χ2v) is 12.5. The molecule has 0 saturated carbocycles.